The van der Waals surface area contributed by atoms with Crippen LogP contribution in [-0.2, 0) is 4.74 Å². The predicted molar refractivity (Wildman–Crippen MR) is 71.1 cm³/mol. The molecule has 0 saturated heterocycles. The molecule has 0 aromatic rings. The van der Waals surface area contributed by atoms with Crippen LogP contribution in [0.3, 0.4) is 0 Å². The zero-order valence-electron chi connectivity index (χ0n) is 11.8. The maximum atomic E-state index is 10.5. The van der Waals surface area contributed by atoms with Crippen molar-refractivity contribution in [2.45, 2.75) is 58.1 Å². The smallest absolute Gasteiger partial charge is 0.0771 e. The number of rotatable bonds is 6. The van der Waals surface area contributed by atoms with E-state index in [4.69, 9.17) is 4.74 Å². The van der Waals surface area contributed by atoms with Gasteiger partial charge in [-0.3, -0.25) is 0 Å². The fraction of sp³-hybridized carbons (Fsp3) is 1.00. The van der Waals surface area contributed by atoms with Gasteiger partial charge in [0, 0.05) is 19.7 Å². The van der Waals surface area contributed by atoms with Gasteiger partial charge in [-0.05, 0) is 37.5 Å². The molecule has 102 valence electrons. The van der Waals surface area contributed by atoms with Gasteiger partial charge in [0.1, 0.15) is 0 Å². The van der Waals surface area contributed by atoms with Crippen LogP contribution in [0.1, 0.15) is 46.5 Å². The van der Waals surface area contributed by atoms with Crippen LogP contribution >= 0.6 is 0 Å². The molecule has 0 radical (unpaired) electrons. The van der Waals surface area contributed by atoms with Gasteiger partial charge in [0.05, 0.1) is 12.2 Å². The molecule has 1 fully saturated rings. The molecule has 17 heavy (non-hydrogen) atoms. The first kappa shape index (κ1) is 14.9. The highest BCUT2D eigenvalue weighted by molar-refractivity contribution is 4.88. The summed E-state index contributed by atoms with van der Waals surface area (Å²) in [6, 6.07) is 0.336. The highest BCUT2D eigenvalue weighted by atomic mass is 16.5. The minimum absolute atomic E-state index is 0.336. The van der Waals surface area contributed by atoms with E-state index in [1.165, 1.54) is 0 Å². The third kappa shape index (κ3) is 4.94. The van der Waals surface area contributed by atoms with Crippen molar-refractivity contribution in [1.29, 1.82) is 0 Å². The Hall–Kier alpha value is -0.120. The van der Waals surface area contributed by atoms with E-state index < -0.39 is 5.60 Å². The standard InChI is InChI=1S/C14H29NO2/c1-11(2)13(9-17-4)15-10-14(16)7-5-12(3)6-8-14/h11-13,15-16H,5-10H2,1-4H3. The van der Waals surface area contributed by atoms with E-state index in [9.17, 15) is 5.11 Å². The molecular weight excluding hydrogens is 214 g/mol. The summed E-state index contributed by atoms with van der Waals surface area (Å²) >= 11 is 0. The largest absolute Gasteiger partial charge is 0.389 e. The molecule has 1 aliphatic rings. The van der Waals surface area contributed by atoms with Crippen LogP contribution in [0.15, 0.2) is 0 Å². The van der Waals surface area contributed by atoms with Crippen molar-refractivity contribution in [1.82, 2.24) is 5.32 Å². The van der Waals surface area contributed by atoms with Crippen LogP contribution in [0.5, 0.6) is 0 Å². The molecule has 0 heterocycles. The van der Waals surface area contributed by atoms with Crippen LogP contribution in [0.4, 0.5) is 0 Å². The Kier molecular flexibility index (Phi) is 5.90. The zero-order chi connectivity index (χ0) is 12.9. The first-order valence-corrected chi connectivity index (χ1v) is 6.91. The Morgan fingerprint density at radius 2 is 1.94 bits per heavy atom. The van der Waals surface area contributed by atoms with Crippen LogP contribution < -0.4 is 5.32 Å². The maximum absolute atomic E-state index is 10.5. The summed E-state index contributed by atoms with van der Waals surface area (Å²) in [5.74, 6) is 1.30. The van der Waals surface area contributed by atoms with E-state index in [2.05, 4.69) is 26.1 Å². The highest BCUT2D eigenvalue weighted by Crippen LogP contribution is 2.31. The van der Waals surface area contributed by atoms with Crippen molar-refractivity contribution in [3.63, 3.8) is 0 Å². The first-order valence-electron chi connectivity index (χ1n) is 6.91. The molecule has 0 amide bonds. The van der Waals surface area contributed by atoms with E-state index >= 15 is 0 Å². The van der Waals surface area contributed by atoms with Crippen molar-refractivity contribution < 1.29 is 9.84 Å². The molecule has 1 unspecified atom stereocenters. The molecule has 0 aromatic carbocycles. The van der Waals surface area contributed by atoms with Gasteiger partial charge in [-0.25, -0.2) is 0 Å². The van der Waals surface area contributed by atoms with Gasteiger partial charge in [-0.2, -0.15) is 0 Å². The van der Waals surface area contributed by atoms with Gasteiger partial charge in [0.15, 0.2) is 0 Å². The molecule has 1 saturated carbocycles. The Labute approximate surface area is 106 Å². The summed E-state index contributed by atoms with van der Waals surface area (Å²) in [6.45, 7) is 8.05. The first-order chi connectivity index (χ1) is 7.97. The summed E-state index contributed by atoms with van der Waals surface area (Å²) in [4.78, 5) is 0. The van der Waals surface area contributed by atoms with Gasteiger partial charge in [0.2, 0.25) is 0 Å². The van der Waals surface area contributed by atoms with Crippen molar-refractivity contribution in [2.24, 2.45) is 11.8 Å². The summed E-state index contributed by atoms with van der Waals surface area (Å²) in [5.41, 5.74) is -0.493. The normalized spacial score (nSPS) is 31.8. The Balaban J connectivity index is 2.37. The number of aliphatic hydroxyl groups is 1. The van der Waals surface area contributed by atoms with E-state index in [-0.39, 0.29) is 0 Å². The molecule has 2 N–H and O–H groups in total. The monoisotopic (exact) mass is 243 g/mol. The van der Waals surface area contributed by atoms with Crippen LogP contribution in [-0.4, -0.2) is 37.0 Å². The Morgan fingerprint density at radius 1 is 1.35 bits per heavy atom. The minimum atomic E-state index is -0.493. The van der Waals surface area contributed by atoms with Crippen molar-refractivity contribution in [3.8, 4) is 0 Å². The molecule has 0 aromatic heterocycles. The second kappa shape index (κ2) is 6.72. The lowest BCUT2D eigenvalue weighted by atomic mass is 9.79. The average Bonchev–Trinajstić information content (AvgIpc) is 2.28. The van der Waals surface area contributed by atoms with Crippen LogP contribution in [0, 0.1) is 11.8 Å². The molecule has 1 rings (SSSR count). The van der Waals surface area contributed by atoms with Crippen molar-refractivity contribution >= 4 is 0 Å². The van der Waals surface area contributed by atoms with E-state index in [0.717, 1.165) is 31.6 Å². The maximum Gasteiger partial charge on any atom is 0.0771 e. The number of ether oxygens (including phenoxy) is 1. The van der Waals surface area contributed by atoms with Crippen LogP contribution in [0.25, 0.3) is 0 Å². The summed E-state index contributed by atoms with van der Waals surface area (Å²) in [5, 5.41) is 14.0. The number of hydrogen-bond donors (Lipinski definition) is 2. The second-order valence-corrected chi connectivity index (χ2v) is 6.09. The lowest BCUT2D eigenvalue weighted by Gasteiger charge is -2.36. The molecule has 0 spiro atoms. The lowest BCUT2D eigenvalue weighted by Crippen LogP contribution is -2.49. The van der Waals surface area contributed by atoms with Crippen molar-refractivity contribution in [2.75, 3.05) is 20.3 Å². The lowest BCUT2D eigenvalue weighted by molar-refractivity contribution is -0.0118. The van der Waals surface area contributed by atoms with E-state index in [1.807, 2.05) is 0 Å². The molecular formula is C14H29NO2. The fourth-order valence-corrected chi connectivity index (χ4v) is 2.46. The van der Waals surface area contributed by atoms with E-state index in [0.29, 0.717) is 25.1 Å². The quantitative estimate of drug-likeness (QED) is 0.751. The Bertz CT molecular complexity index is 210. The SMILES string of the molecule is COCC(NCC1(O)CCC(C)CC1)C(C)C. The Morgan fingerprint density at radius 3 is 2.41 bits per heavy atom. The topological polar surface area (TPSA) is 41.5 Å². The second-order valence-electron chi connectivity index (χ2n) is 6.09. The third-order valence-corrected chi connectivity index (χ3v) is 4.05. The zero-order valence-corrected chi connectivity index (χ0v) is 11.8. The van der Waals surface area contributed by atoms with Crippen LogP contribution in [0.2, 0.25) is 0 Å². The number of hydrogen-bond acceptors (Lipinski definition) is 3. The third-order valence-electron chi connectivity index (χ3n) is 4.05. The molecule has 1 atom stereocenters. The summed E-state index contributed by atoms with van der Waals surface area (Å²) < 4.78 is 5.21. The number of methoxy groups -OCH3 is 1. The van der Waals surface area contributed by atoms with Gasteiger partial charge in [0.25, 0.3) is 0 Å². The minimum Gasteiger partial charge on any atom is -0.389 e. The van der Waals surface area contributed by atoms with Gasteiger partial charge >= 0.3 is 0 Å². The van der Waals surface area contributed by atoms with Crippen molar-refractivity contribution in [3.05, 3.63) is 0 Å². The molecule has 0 aliphatic heterocycles. The average molecular weight is 243 g/mol. The fourth-order valence-electron chi connectivity index (χ4n) is 2.46. The van der Waals surface area contributed by atoms with Gasteiger partial charge < -0.3 is 15.2 Å². The molecule has 3 heteroatoms. The molecule has 1 aliphatic carbocycles. The highest BCUT2D eigenvalue weighted by Gasteiger charge is 2.32. The van der Waals surface area contributed by atoms with Gasteiger partial charge in [-0.1, -0.05) is 20.8 Å². The predicted octanol–water partition coefficient (Wildman–Crippen LogP) is 2.19. The molecule has 0 bridgehead atoms. The molecule has 3 nitrogen and oxygen atoms in total. The summed E-state index contributed by atoms with van der Waals surface area (Å²) in [6.07, 6.45) is 4.15. The van der Waals surface area contributed by atoms with Gasteiger partial charge in [-0.15, -0.1) is 0 Å². The summed E-state index contributed by atoms with van der Waals surface area (Å²) in [7, 11) is 1.73. The number of nitrogens with one attached hydrogen (secondary N) is 1. The van der Waals surface area contributed by atoms with E-state index in [1.54, 1.807) is 7.11 Å².